The molecule has 0 spiro atoms. The van der Waals surface area contributed by atoms with E-state index in [4.69, 9.17) is 0 Å². The summed E-state index contributed by atoms with van der Waals surface area (Å²) < 4.78 is 39.5. The minimum absolute atomic E-state index is 0.209. The van der Waals surface area contributed by atoms with Gasteiger partial charge in [-0.3, -0.25) is 9.59 Å². The van der Waals surface area contributed by atoms with Gasteiger partial charge in [-0.15, -0.1) is 11.3 Å². The molecule has 2 N–H and O–H groups in total. The zero-order chi connectivity index (χ0) is 20.1. The highest BCUT2D eigenvalue weighted by molar-refractivity contribution is 7.15. The molecule has 0 aliphatic carbocycles. The van der Waals surface area contributed by atoms with E-state index in [1.807, 2.05) is 0 Å². The summed E-state index contributed by atoms with van der Waals surface area (Å²) in [6, 6.07) is 8.25. The Balaban J connectivity index is 1.52. The maximum absolute atomic E-state index is 13.7. The average Bonchev–Trinajstić information content (AvgIpc) is 3.09. The normalized spacial score (nSPS) is 10.5. The molecular weight excluding hydrogens is 391 g/mol. The smallest absolute Gasteiger partial charge is 0.251 e. The zero-order valence-corrected chi connectivity index (χ0v) is 15.2. The van der Waals surface area contributed by atoms with Crippen LogP contribution in [0.25, 0.3) is 0 Å². The number of halogens is 3. The SMILES string of the molecule is O=C(CNC(=O)c1ccc(F)cc1)Nc1ncc(Cc2ccc(F)cc2F)s1. The van der Waals surface area contributed by atoms with Crippen LogP contribution >= 0.6 is 11.3 Å². The van der Waals surface area contributed by atoms with Crippen molar-refractivity contribution in [2.24, 2.45) is 0 Å². The summed E-state index contributed by atoms with van der Waals surface area (Å²) in [6.45, 7) is -0.294. The van der Waals surface area contributed by atoms with Gasteiger partial charge < -0.3 is 10.6 Å². The summed E-state index contributed by atoms with van der Waals surface area (Å²) in [5.41, 5.74) is 0.543. The van der Waals surface area contributed by atoms with Crippen LogP contribution < -0.4 is 10.6 Å². The van der Waals surface area contributed by atoms with Crippen molar-refractivity contribution in [3.63, 3.8) is 0 Å². The van der Waals surface area contributed by atoms with Gasteiger partial charge in [0.15, 0.2) is 5.13 Å². The Kier molecular flexibility index (Phi) is 6.05. The van der Waals surface area contributed by atoms with Gasteiger partial charge in [0.2, 0.25) is 5.91 Å². The summed E-state index contributed by atoms with van der Waals surface area (Å²) in [6.07, 6.45) is 1.70. The fourth-order valence-corrected chi connectivity index (χ4v) is 3.18. The van der Waals surface area contributed by atoms with Crippen molar-refractivity contribution in [3.8, 4) is 0 Å². The molecule has 0 aliphatic rings. The molecule has 5 nitrogen and oxygen atoms in total. The third-order valence-electron chi connectivity index (χ3n) is 3.70. The first-order valence-corrected chi connectivity index (χ1v) is 8.94. The molecule has 0 saturated carbocycles. The third-order valence-corrected chi connectivity index (χ3v) is 4.61. The first kappa shape index (κ1) is 19.6. The number of benzene rings is 2. The predicted molar refractivity (Wildman–Crippen MR) is 98.6 cm³/mol. The maximum atomic E-state index is 13.7. The van der Waals surface area contributed by atoms with E-state index < -0.39 is 29.3 Å². The first-order chi connectivity index (χ1) is 13.4. The van der Waals surface area contributed by atoms with Gasteiger partial charge in [0.1, 0.15) is 17.5 Å². The standard InChI is InChI=1S/C19H14F3N3O2S/c20-13-4-1-11(2-5-13)18(27)23-10-17(26)25-19-24-9-15(28-19)7-12-3-6-14(21)8-16(12)22/h1-6,8-9H,7,10H2,(H,23,27)(H,24,25,26). The first-order valence-electron chi connectivity index (χ1n) is 8.13. The van der Waals surface area contributed by atoms with Crippen LogP contribution in [0.5, 0.6) is 0 Å². The van der Waals surface area contributed by atoms with Gasteiger partial charge in [-0.05, 0) is 35.9 Å². The number of nitrogens with zero attached hydrogens (tertiary/aromatic N) is 1. The molecule has 3 aromatic rings. The van der Waals surface area contributed by atoms with Crippen molar-refractivity contribution < 1.29 is 22.8 Å². The molecule has 0 fully saturated rings. The van der Waals surface area contributed by atoms with Gasteiger partial charge in [0, 0.05) is 29.1 Å². The Morgan fingerprint density at radius 1 is 1.00 bits per heavy atom. The molecule has 3 rings (SSSR count). The molecule has 1 heterocycles. The Morgan fingerprint density at radius 2 is 1.71 bits per heavy atom. The van der Waals surface area contributed by atoms with E-state index >= 15 is 0 Å². The highest BCUT2D eigenvalue weighted by Crippen LogP contribution is 2.22. The van der Waals surface area contributed by atoms with Crippen LogP contribution in [-0.4, -0.2) is 23.3 Å². The third kappa shape index (κ3) is 5.17. The number of hydrogen-bond donors (Lipinski definition) is 2. The van der Waals surface area contributed by atoms with E-state index in [1.54, 1.807) is 0 Å². The van der Waals surface area contributed by atoms with Gasteiger partial charge in [0.25, 0.3) is 5.91 Å². The predicted octanol–water partition coefficient (Wildman–Crippen LogP) is 3.52. The number of nitrogens with one attached hydrogen (secondary N) is 2. The van der Waals surface area contributed by atoms with E-state index in [1.165, 1.54) is 30.5 Å². The maximum Gasteiger partial charge on any atom is 0.251 e. The lowest BCUT2D eigenvalue weighted by molar-refractivity contribution is -0.115. The number of aromatic nitrogens is 1. The molecule has 0 bridgehead atoms. The summed E-state index contributed by atoms with van der Waals surface area (Å²) in [4.78, 5) is 28.5. The lowest BCUT2D eigenvalue weighted by atomic mass is 10.1. The second-order valence-electron chi connectivity index (χ2n) is 5.78. The number of rotatable bonds is 6. The number of anilines is 1. The molecule has 0 saturated heterocycles. The summed E-state index contributed by atoms with van der Waals surface area (Å²) in [5.74, 6) is -2.77. The van der Waals surface area contributed by atoms with Crippen LogP contribution in [0.4, 0.5) is 18.3 Å². The number of hydrogen-bond acceptors (Lipinski definition) is 4. The molecular formula is C19H14F3N3O2S. The van der Waals surface area contributed by atoms with Crippen molar-refractivity contribution in [2.45, 2.75) is 6.42 Å². The Bertz CT molecular complexity index is 1010. The van der Waals surface area contributed by atoms with Gasteiger partial charge in [0.05, 0.1) is 6.54 Å². The molecule has 1 aromatic heterocycles. The van der Waals surface area contributed by atoms with Crippen LogP contribution in [0.3, 0.4) is 0 Å². The highest BCUT2D eigenvalue weighted by Gasteiger charge is 2.12. The van der Waals surface area contributed by atoms with E-state index in [0.29, 0.717) is 15.6 Å². The summed E-state index contributed by atoms with van der Waals surface area (Å²) >= 11 is 1.14. The Labute approximate surface area is 162 Å². The lowest BCUT2D eigenvalue weighted by Gasteiger charge is -2.05. The molecule has 28 heavy (non-hydrogen) atoms. The molecule has 144 valence electrons. The van der Waals surface area contributed by atoms with Crippen LogP contribution in [0, 0.1) is 17.5 Å². The van der Waals surface area contributed by atoms with Crippen LogP contribution in [0.2, 0.25) is 0 Å². The number of carbonyl (C=O) groups excluding carboxylic acids is 2. The average molecular weight is 405 g/mol. The van der Waals surface area contributed by atoms with Crippen LogP contribution in [0.15, 0.2) is 48.7 Å². The molecule has 2 amide bonds. The second kappa shape index (κ2) is 8.66. The van der Waals surface area contributed by atoms with Crippen molar-refractivity contribution in [2.75, 3.05) is 11.9 Å². The molecule has 0 radical (unpaired) electrons. The van der Waals surface area contributed by atoms with Gasteiger partial charge in [-0.2, -0.15) is 0 Å². The van der Waals surface area contributed by atoms with E-state index in [0.717, 1.165) is 29.5 Å². The molecule has 0 unspecified atom stereocenters. The van der Waals surface area contributed by atoms with E-state index in [-0.39, 0.29) is 18.5 Å². The summed E-state index contributed by atoms with van der Waals surface area (Å²) in [7, 11) is 0. The highest BCUT2D eigenvalue weighted by atomic mass is 32.1. The minimum atomic E-state index is -0.652. The van der Waals surface area contributed by atoms with Gasteiger partial charge >= 0.3 is 0 Å². The lowest BCUT2D eigenvalue weighted by Crippen LogP contribution is -2.32. The molecule has 9 heteroatoms. The monoisotopic (exact) mass is 405 g/mol. The topological polar surface area (TPSA) is 71.1 Å². The number of thiazole rings is 1. The second-order valence-corrected chi connectivity index (χ2v) is 6.90. The quantitative estimate of drug-likeness (QED) is 0.659. The van der Waals surface area contributed by atoms with E-state index in [2.05, 4.69) is 15.6 Å². The number of amides is 2. The van der Waals surface area contributed by atoms with Crippen molar-refractivity contribution >= 4 is 28.3 Å². The Morgan fingerprint density at radius 3 is 2.43 bits per heavy atom. The largest absolute Gasteiger partial charge is 0.343 e. The molecule has 0 atom stereocenters. The fourth-order valence-electron chi connectivity index (χ4n) is 2.33. The summed E-state index contributed by atoms with van der Waals surface area (Å²) in [5, 5.41) is 5.23. The van der Waals surface area contributed by atoms with Crippen LogP contribution in [0.1, 0.15) is 20.8 Å². The Hall–Kier alpha value is -3.20. The molecule has 2 aromatic carbocycles. The fraction of sp³-hybridized carbons (Fsp3) is 0.105. The van der Waals surface area contributed by atoms with Gasteiger partial charge in [-0.1, -0.05) is 6.07 Å². The zero-order valence-electron chi connectivity index (χ0n) is 14.3. The molecule has 0 aliphatic heterocycles. The van der Waals surface area contributed by atoms with Crippen molar-refractivity contribution in [3.05, 3.63) is 82.1 Å². The van der Waals surface area contributed by atoms with Gasteiger partial charge in [-0.25, -0.2) is 18.2 Å². The van der Waals surface area contributed by atoms with Crippen LogP contribution in [-0.2, 0) is 11.2 Å². The minimum Gasteiger partial charge on any atom is -0.343 e. The van der Waals surface area contributed by atoms with Crippen molar-refractivity contribution in [1.29, 1.82) is 0 Å². The number of carbonyl (C=O) groups is 2. The van der Waals surface area contributed by atoms with E-state index in [9.17, 15) is 22.8 Å². The van der Waals surface area contributed by atoms with Crippen molar-refractivity contribution in [1.82, 2.24) is 10.3 Å².